The Kier molecular flexibility index (Phi) is 4.61. The van der Waals surface area contributed by atoms with Crippen LogP contribution in [0.5, 0.6) is 0 Å². The molecule has 18 heavy (non-hydrogen) atoms. The third kappa shape index (κ3) is 3.16. The zero-order valence-electron chi connectivity index (χ0n) is 10.2. The molecule has 0 fully saturated rings. The molecule has 6 heteroatoms. The van der Waals surface area contributed by atoms with Crippen molar-refractivity contribution in [1.29, 1.82) is 0 Å². The van der Waals surface area contributed by atoms with E-state index in [0.717, 1.165) is 0 Å². The fraction of sp³-hybridized carbons (Fsp3) is 0.333. The first-order chi connectivity index (χ1) is 8.42. The van der Waals surface area contributed by atoms with E-state index >= 15 is 0 Å². The van der Waals surface area contributed by atoms with Gasteiger partial charge >= 0.3 is 5.97 Å². The van der Waals surface area contributed by atoms with Crippen molar-refractivity contribution in [2.24, 2.45) is 0 Å². The van der Waals surface area contributed by atoms with Crippen molar-refractivity contribution in [3.63, 3.8) is 0 Å². The molecule has 0 bridgehead atoms. The molecule has 1 rings (SSSR count). The first-order valence-corrected chi connectivity index (χ1v) is 7.12. The minimum atomic E-state index is -3.30. The first-order valence-electron chi connectivity index (χ1n) is 5.46. The van der Waals surface area contributed by atoms with E-state index in [1.807, 2.05) is 0 Å². The maximum atomic E-state index is 11.5. The maximum absolute atomic E-state index is 11.5. The topological polar surface area (TPSA) is 77.5 Å². The fourth-order valence-electron chi connectivity index (χ4n) is 1.29. The van der Waals surface area contributed by atoms with E-state index in [9.17, 15) is 18.0 Å². The van der Waals surface area contributed by atoms with Gasteiger partial charge in [-0.25, -0.2) is 13.2 Å². The van der Waals surface area contributed by atoms with Crippen LogP contribution in [0.3, 0.4) is 0 Å². The zero-order valence-corrected chi connectivity index (χ0v) is 11.0. The number of benzene rings is 1. The SMILES string of the molecule is CCOC(=O)C(=O)c1ccc(S(=O)(=O)CC)cc1. The van der Waals surface area contributed by atoms with Crippen LogP contribution in [0.2, 0.25) is 0 Å². The minimum Gasteiger partial charge on any atom is -0.460 e. The molecule has 0 heterocycles. The van der Waals surface area contributed by atoms with Gasteiger partial charge in [-0.2, -0.15) is 0 Å². The van der Waals surface area contributed by atoms with Crippen molar-refractivity contribution in [3.05, 3.63) is 29.8 Å². The Morgan fingerprint density at radius 2 is 1.67 bits per heavy atom. The molecule has 0 aliphatic carbocycles. The second-order valence-corrected chi connectivity index (χ2v) is 5.76. The number of ether oxygens (including phenoxy) is 1. The highest BCUT2D eigenvalue weighted by molar-refractivity contribution is 7.91. The standard InChI is InChI=1S/C12H14O5S/c1-3-17-12(14)11(13)9-5-7-10(8-6-9)18(15,16)4-2/h5-8H,3-4H2,1-2H3. The molecule has 0 aliphatic rings. The molecule has 1 aromatic rings. The lowest BCUT2D eigenvalue weighted by Crippen LogP contribution is -2.17. The molecule has 0 spiro atoms. The molecule has 0 N–H and O–H groups in total. The monoisotopic (exact) mass is 270 g/mol. The van der Waals surface area contributed by atoms with E-state index in [2.05, 4.69) is 4.74 Å². The van der Waals surface area contributed by atoms with Gasteiger partial charge in [-0.3, -0.25) is 4.79 Å². The van der Waals surface area contributed by atoms with Crippen molar-refractivity contribution >= 4 is 21.6 Å². The Morgan fingerprint density at radius 3 is 2.11 bits per heavy atom. The van der Waals surface area contributed by atoms with Crippen LogP contribution in [0.25, 0.3) is 0 Å². The molecule has 0 saturated carbocycles. The van der Waals surface area contributed by atoms with Gasteiger partial charge < -0.3 is 4.74 Å². The molecule has 0 aromatic heterocycles. The third-order valence-electron chi connectivity index (χ3n) is 2.32. The molecule has 1 aromatic carbocycles. The Hall–Kier alpha value is -1.69. The summed E-state index contributed by atoms with van der Waals surface area (Å²) in [4.78, 5) is 22.9. The Morgan fingerprint density at radius 1 is 1.11 bits per heavy atom. The van der Waals surface area contributed by atoms with Gasteiger partial charge in [-0.15, -0.1) is 0 Å². The van der Waals surface area contributed by atoms with Crippen molar-refractivity contribution in [2.45, 2.75) is 18.7 Å². The van der Waals surface area contributed by atoms with Crippen molar-refractivity contribution in [1.82, 2.24) is 0 Å². The average molecular weight is 270 g/mol. The van der Waals surface area contributed by atoms with Gasteiger partial charge in [0.15, 0.2) is 9.84 Å². The van der Waals surface area contributed by atoms with Crippen LogP contribution in [0.15, 0.2) is 29.2 Å². The quantitative estimate of drug-likeness (QED) is 0.457. The van der Waals surface area contributed by atoms with Gasteiger partial charge in [0.25, 0.3) is 5.78 Å². The summed E-state index contributed by atoms with van der Waals surface area (Å²) in [6.07, 6.45) is 0. The molecule has 98 valence electrons. The van der Waals surface area contributed by atoms with E-state index in [1.54, 1.807) is 6.92 Å². The number of esters is 1. The third-order valence-corrected chi connectivity index (χ3v) is 4.07. The maximum Gasteiger partial charge on any atom is 0.379 e. The van der Waals surface area contributed by atoms with Gasteiger partial charge in [0.1, 0.15) is 0 Å². The van der Waals surface area contributed by atoms with Crippen LogP contribution in [0.4, 0.5) is 0 Å². The Labute approximate surface area is 106 Å². The number of carbonyl (C=O) groups is 2. The molecule has 0 atom stereocenters. The molecule has 5 nitrogen and oxygen atoms in total. The normalized spacial score (nSPS) is 11.0. The summed E-state index contributed by atoms with van der Waals surface area (Å²) in [7, 11) is -3.30. The Bertz CT molecular complexity index is 542. The van der Waals surface area contributed by atoms with Crippen LogP contribution in [0, 0.1) is 0 Å². The van der Waals surface area contributed by atoms with E-state index in [1.165, 1.54) is 31.2 Å². The van der Waals surface area contributed by atoms with Crippen LogP contribution < -0.4 is 0 Å². The Balaban J connectivity index is 2.97. The summed E-state index contributed by atoms with van der Waals surface area (Å²) in [6.45, 7) is 3.25. The second-order valence-electron chi connectivity index (χ2n) is 3.48. The van der Waals surface area contributed by atoms with Crippen molar-refractivity contribution in [2.75, 3.05) is 12.4 Å². The molecule has 0 saturated heterocycles. The average Bonchev–Trinajstić information content (AvgIpc) is 2.38. The van der Waals surface area contributed by atoms with Crippen LogP contribution in [-0.4, -0.2) is 32.5 Å². The fourth-order valence-corrected chi connectivity index (χ4v) is 2.18. The summed E-state index contributed by atoms with van der Waals surface area (Å²) in [5.41, 5.74) is 0.114. The lowest BCUT2D eigenvalue weighted by atomic mass is 10.1. The van der Waals surface area contributed by atoms with E-state index in [0.29, 0.717) is 0 Å². The largest absolute Gasteiger partial charge is 0.460 e. The predicted molar refractivity (Wildman–Crippen MR) is 65.1 cm³/mol. The summed E-state index contributed by atoms with van der Waals surface area (Å²) in [5.74, 6) is -1.74. The van der Waals surface area contributed by atoms with Crippen LogP contribution in [0.1, 0.15) is 24.2 Å². The van der Waals surface area contributed by atoms with Gasteiger partial charge in [-0.05, 0) is 31.2 Å². The van der Waals surface area contributed by atoms with Gasteiger partial charge in [0, 0.05) is 5.56 Å². The smallest absolute Gasteiger partial charge is 0.379 e. The van der Waals surface area contributed by atoms with Gasteiger partial charge in [0.2, 0.25) is 0 Å². The van der Waals surface area contributed by atoms with Crippen molar-refractivity contribution < 1.29 is 22.7 Å². The van der Waals surface area contributed by atoms with Gasteiger partial charge in [-0.1, -0.05) is 6.92 Å². The number of sulfone groups is 1. The number of Topliss-reactive ketones (excluding diaryl/α,β-unsaturated/α-hetero) is 1. The van der Waals surface area contributed by atoms with E-state index in [-0.39, 0.29) is 22.8 Å². The highest BCUT2D eigenvalue weighted by Crippen LogP contribution is 2.13. The second kappa shape index (κ2) is 5.77. The summed E-state index contributed by atoms with van der Waals surface area (Å²) < 4.78 is 27.7. The number of rotatable bonds is 5. The lowest BCUT2D eigenvalue weighted by molar-refractivity contribution is -0.137. The van der Waals surface area contributed by atoms with Crippen LogP contribution in [-0.2, 0) is 19.4 Å². The van der Waals surface area contributed by atoms with E-state index in [4.69, 9.17) is 0 Å². The summed E-state index contributed by atoms with van der Waals surface area (Å²) >= 11 is 0. The highest BCUT2D eigenvalue weighted by Gasteiger charge is 2.18. The molecule has 0 amide bonds. The zero-order chi connectivity index (χ0) is 13.8. The van der Waals surface area contributed by atoms with Gasteiger partial charge in [0.05, 0.1) is 17.3 Å². The number of ketones is 1. The number of hydrogen-bond acceptors (Lipinski definition) is 5. The minimum absolute atomic E-state index is 0.0157. The number of hydrogen-bond donors (Lipinski definition) is 0. The first kappa shape index (κ1) is 14.4. The summed E-state index contributed by atoms with van der Waals surface area (Å²) in [5, 5.41) is 0. The van der Waals surface area contributed by atoms with E-state index < -0.39 is 21.6 Å². The molecule has 0 radical (unpaired) electrons. The molecular weight excluding hydrogens is 256 g/mol. The molecule has 0 aliphatic heterocycles. The molecule has 0 unspecified atom stereocenters. The summed E-state index contributed by atoms with van der Waals surface area (Å²) in [6, 6.07) is 5.24. The predicted octanol–water partition coefficient (Wildman–Crippen LogP) is 1.23. The van der Waals surface area contributed by atoms with Crippen LogP contribution >= 0.6 is 0 Å². The van der Waals surface area contributed by atoms with Crippen molar-refractivity contribution in [3.8, 4) is 0 Å². The number of carbonyl (C=O) groups excluding carboxylic acids is 2. The highest BCUT2D eigenvalue weighted by atomic mass is 32.2. The molecular formula is C12H14O5S. The lowest BCUT2D eigenvalue weighted by Gasteiger charge is -2.03.